The van der Waals surface area contributed by atoms with Crippen LogP contribution in [0.15, 0.2) is 24.3 Å². The van der Waals surface area contributed by atoms with E-state index >= 15 is 0 Å². The molecule has 1 aliphatic rings. The average molecular weight is 293 g/mol. The number of hydrogen-bond acceptors (Lipinski definition) is 4. The van der Waals surface area contributed by atoms with Crippen molar-refractivity contribution in [1.82, 2.24) is 4.90 Å². The van der Waals surface area contributed by atoms with Gasteiger partial charge in [-0.2, -0.15) is 0 Å². The molecule has 0 bridgehead atoms. The highest BCUT2D eigenvalue weighted by Gasteiger charge is 2.45. The van der Waals surface area contributed by atoms with Gasteiger partial charge in [0.25, 0.3) is 0 Å². The zero-order chi connectivity index (χ0) is 15.5. The quantitative estimate of drug-likeness (QED) is 0.627. The summed E-state index contributed by atoms with van der Waals surface area (Å²) in [6.45, 7) is 3.39. The lowest BCUT2D eigenvalue weighted by molar-refractivity contribution is -0.160. The Labute approximate surface area is 123 Å². The standard InChI is InChI=1S/C16H20FNO3/c1-16(15(20)21-2)11-18(10-8-14(16)19)9-7-12-3-5-13(17)6-4-12/h3-6H,7-11H2,1-2H3. The molecule has 1 fully saturated rings. The molecule has 4 nitrogen and oxygen atoms in total. The minimum Gasteiger partial charge on any atom is -0.468 e. The second-order valence-corrected chi connectivity index (χ2v) is 5.65. The lowest BCUT2D eigenvalue weighted by Gasteiger charge is -2.37. The Balaban J connectivity index is 1.97. The summed E-state index contributed by atoms with van der Waals surface area (Å²) < 4.78 is 17.6. The molecule has 1 atom stereocenters. The highest BCUT2D eigenvalue weighted by molar-refractivity contribution is 6.04. The number of carbonyl (C=O) groups excluding carboxylic acids is 2. The van der Waals surface area contributed by atoms with Gasteiger partial charge in [-0.25, -0.2) is 4.39 Å². The topological polar surface area (TPSA) is 46.6 Å². The summed E-state index contributed by atoms with van der Waals surface area (Å²) in [5.41, 5.74) is -0.0384. The molecule has 2 rings (SSSR count). The Morgan fingerprint density at radius 1 is 1.38 bits per heavy atom. The van der Waals surface area contributed by atoms with Crippen LogP contribution in [0.5, 0.6) is 0 Å². The minimum atomic E-state index is -1.07. The van der Waals surface area contributed by atoms with Crippen LogP contribution in [0.1, 0.15) is 18.9 Å². The molecule has 1 saturated heterocycles. The minimum absolute atomic E-state index is 0.0626. The molecule has 0 saturated carbocycles. The summed E-state index contributed by atoms with van der Waals surface area (Å²) in [5.74, 6) is -0.785. The second-order valence-electron chi connectivity index (χ2n) is 5.65. The molecule has 1 aromatic carbocycles. The number of ketones is 1. The van der Waals surface area contributed by atoms with Crippen LogP contribution < -0.4 is 0 Å². The fourth-order valence-electron chi connectivity index (χ4n) is 2.68. The molecule has 0 spiro atoms. The smallest absolute Gasteiger partial charge is 0.320 e. The first-order chi connectivity index (χ1) is 9.95. The fourth-order valence-corrected chi connectivity index (χ4v) is 2.68. The third-order valence-corrected chi connectivity index (χ3v) is 4.08. The number of nitrogens with zero attached hydrogens (tertiary/aromatic N) is 1. The predicted octanol–water partition coefficient (Wildman–Crippen LogP) is 1.82. The number of methoxy groups -OCH3 is 1. The molecule has 1 unspecified atom stereocenters. The van der Waals surface area contributed by atoms with Crippen molar-refractivity contribution < 1.29 is 18.7 Å². The first-order valence-corrected chi connectivity index (χ1v) is 7.04. The third-order valence-electron chi connectivity index (χ3n) is 4.08. The first kappa shape index (κ1) is 15.6. The summed E-state index contributed by atoms with van der Waals surface area (Å²) in [5, 5.41) is 0. The Kier molecular flexibility index (Phi) is 4.73. The van der Waals surface area contributed by atoms with Crippen molar-refractivity contribution in [3.8, 4) is 0 Å². The van der Waals surface area contributed by atoms with Crippen molar-refractivity contribution in [2.75, 3.05) is 26.7 Å². The van der Waals surface area contributed by atoms with E-state index in [1.807, 2.05) is 0 Å². The lowest BCUT2D eigenvalue weighted by Crippen LogP contribution is -2.52. The summed E-state index contributed by atoms with van der Waals surface area (Å²) >= 11 is 0. The number of Topliss-reactive ketones (excluding diaryl/α,β-unsaturated/α-hetero) is 1. The van der Waals surface area contributed by atoms with Gasteiger partial charge in [0.2, 0.25) is 0 Å². The van der Waals surface area contributed by atoms with Crippen LogP contribution in [0.2, 0.25) is 0 Å². The van der Waals surface area contributed by atoms with Crippen molar-refractivity contribution in [3.63, 3.8) is 0 Å². The molecular weight excluding hydrogens is 273 g/mol. The van der Waals surface area contributed by atoms with Gasteiger partial charge in [0.15, 0.2) is 5.78 Å². The summed E-state index contributed by atoms with van der Waals surface area (Å²) in [7, 11) is 1.30. The predicted molar refractivity (Wildman–Crippen MR) is 76.3 cm³/mol. The van der Waals surface area contributed by atoms with Crippen molar-refractivity contribution >= 4 is 11.8 Å². The molecule has 0 aliphatic carbocycles. The number of piperidine rings is 1. The van der Waals surface area contributed by atoms with Crippen molar-refractivity contribution in [2.45, 2.75) is 19.8 Å². The second kappa shape index (κ2) is 6.35. The molecule has 114 valence electrons. The maximum atomic E-state index is 12.9. The van der Waals surface area contributed by atoms with Crippen LogP contribution in [-0.4, -0.2) is 43.4 Å². The van der Waals surface area contributed by atoms with Gasteiger partial charge in [0.1, 0.15) is 11.2 Å². The summed E-state index contributed by atoms with van der Waals surface area (Å²) in [4.78, 5) is 25.9. The zero-order valence-electron chi connectivity index (χ0n) is 12.4. The van der Waals surface area contributed by atoms with E-state index in [-0.39, 0.29) is 11.6 Å². The van der Waals surface area contributed by atoms with E-state index in [9.17, 15) is 14.0 Å². The number of ether oxygens (including phenoxy) is 1. The van der Waals surface area contributed by atoms with Gasteiger partial charge in [-0.15, -0.1) is 0 Å². The zero-order valence-corrected chi connectivity index (χ0v) is 12.4. The number of benzene rings is 1. The lowest BCUT2D eigenvalue weighted by atomic mass is 9.80. The molecule has 0 N–H and O–H groups in total. The normalized spacial score (nSPS) is 23.1. The molecule has 21 heavy (non-hydrogen) atoms. The first-order valence-electron chi connectivity index (χ1n) is 7.04. The van der Waals surface area contributed by atoms with Gasteiger partial charge < -0.3 is 9.64 Å². The third kappa shape index (κ3) is 3.47. The summed E-state index contributed by atoms with van der Waals surface area (Å²) in [6.07, 6.45) is 1.11. The molecular formula is C16H20FNO3. The molecule has 5 heteroatoms. The number of esters is 1. The number of hydrogen-bond donors (Lipinski definition) is 0. The van der Waals surface area contributed by atoms with Gasteiger partial charge >= 0.3 is 5.97 Å². The van der Waals surface area contributed by atoms with Crippen molar-refractivity contribution in [1.29, 1.82) is 0 Å². The van der Waals surface area contributed by atoms with E-state index in [0.29, 0.717) is 19.5 Å². The van der Waals surface area contributed by atoms with Gasteiger partial charge in [-0.1, -0.05) is 12.1 Å². The Bertz CT molecular complexity index is 519. The van der Waals surface area contributed by atoms with Crippen LogP contribution >= 0.6 is 0 Å². The average Bonchev–Trinajstić information content (AvgIpc) is 2.49. The number of carbonyl (C=O) groups is 2. The molecule has 0 aromatic heterocycles. The van der Waals surface area contributed by atoms with Gasteiger partial charge in [0.05, 0.1) is 7.11 Å². The molecule has 1 aromatic rings. The highest BCUT2D eigenvalue weighted by atomic mass is 19.1. The van der Waals surface area contributed by atoms with Crippen molar-refractivity contribution in [2.24, 2.45) is 5.41 Å². The van der Waals surface area contributed by atoms with Gasteiger partial charge in [0, 0.05) is 26.1 Å². The van der Waals surface area contributed by atoms with E-state index < -0.39 is 11.4 Å². The van der Waals surface area contributed by atoms with Gasteiger partial charge in [-0.05, 0) is 31.0 Å². The van der Waals surface area contributed by atoms with E-state index in [1.54, 1.807) is 19.1 Å². The van der Waals surface area contributed by atoms with E-state index in [1.165, 1.54) is 19.2 Å². The molecule has 0 radical (unpaired) electrons. The molecule has 1 heterocycles. The number of halogens is 1. The van der Waals surface area contributed by atoms with Crippen LogP contribution in [0.4, 0.5) is 4.39 Å². The Morgan fingerprint density at radius 3 is 2.67 bits per heavy atom. The SMILES string of the molecule is COC(=O)C1(C)CN(CCc2ccc(F)cc2)CCC1=O. The fraction of sp³-hybridized carbons (Fsp3) is 0.500. The van der Waals surface area contributed by atoms with Gasteiger partial charge in [-0.3, -0.25) is 9.59 Å². The highest BCUT2D eigenvalue weighted by Crippen LogP contribution is 2.27. The van der Waals surface area contributed by atoms with E-state index in [2.05, 4.69) is 4.90 Å². The number of rotatable bonds is 4. The van der Waals surface area contributed by atoms with E-state index in [4.69, 9.17) is 4.74 Å². The van der Waals surface area contributed by atoms with Crippen LogP contribution in [0, 0.1) is 11.2 Å². The number of likely N-dealkylation sites (tertiary alicyclic amines) is 1. The Morgan fingerprint density at radius 2 is 2.05 bits per heavy atom. The van der Waals surface area contributed by atoms with Crippen LogP contribution in [0.3, 0.4) is 0 Å². The Hall–Kier alpha value is -1.75. The van der Waals surface area contributed by atoms with E-state index in [0.717, 1.165) is 18.5 Å². The largest absolute Gasteiger partial charge is 0.468 e. The molecule has 1 aliphatic heterocycles. The van der Waals surface area contributed by atoms with Crippen LogP contribution in [0.25, 0.3) is 0 Å². The maximum Gasteiger partial charge on any atom is 0.320 e. The maximum absolute atomic E-state index is 12.9. The monoisotopic (exact) mass is 293 g/mol. The van der Waals surface area contributed by atoms with Crippen LogP contribution in [-0.2, 0) is 20.7 Å². The van der Waals surface area contributed by atoms with Crippen molar-refractivity contribution in [3.05, 3.63) is 35.6 Å². The summed E-state index contributed by atoms with van der Waals surface area (Å²) in [6, 6.07) is 6.38. The molecule has 0 amide bonds.